The number of benzene rings is 1. The summed E-state index contributed by atoms with van der Waals surface area (Å²) in [5.74, 6) is 6.03. The molecule has 0 unspecified atom stereocenters. The van der Waals surface area contributed by atoms with E-state index in [1.807, 2.05) is 12.1 Å². The number of hydrogen-bond acceptors (Lipinski definition) is 4. The molecule has 2 rings (SSSR count). The minimum absolute atomic E-state index is 0.681. The van der Waals surface area contributed by atoms with E-state index in [4.69, 9.17) is 5.84 Å². The van der Waals surface area contributed by atoms with Crippen LogP contribution in [0.25, 0.3) is 0 Å². The molecule has 0 spiro atoms. The quantitative estimate of drug-likeness (QED) is 0.644. The third kappa shape index (κ3) is 2.99. The van der Waals surface area contributed by atoms with E-state index in [-0.39, 0.29) is 0 Å². The number of hydrogen-bond donors (Lipinski definition) is 2. The van der Waals surface area contributed by atoms with Crippen LogP contribution in [0.3, 0.4) is 0 Å². The number of anilines is 1. The Bertz CT molecular complexity index is 526. The maximum absolute atomic E-state index is 5.34. The van der Waals surface area contributed by atoms with Crippen LogP contribution in [0.2, 0.25) is 0 Å². The summed E-state index contributed by atoms with van der Waals surface area (Å²) in [7, 11) is 0. The van der Waals surface area contributed by atoms with Gasteiger partial charge in [-0.1, -0.05) is 23.9 Å². The molecule has 0 amide bonds. The first kappa shape index (κ1) is 12.0. The summed E-state index contributed by atoms with van der Waals surface area (Å²) in [4.78, 5) is 6.48. The third-order valence-corrected chi connectivity index (χ3v) is 3.60. The van der Waals surface area contributed by atoms with Crippen LogP contribution in [0.5, 0.6) is 0 Å². The first-order chi connectivity index (χ1) is 8.19. The Kier molecular flexibility index (Phi) is 3.66. The van der Waals surface area contributed by atoms with Gasteiger partial charge in [0.2, 0.25) is 0 Å². The van der Waals surface area contributed by atoms with E-state index >= 15 is 0 Å². The number of rotatable bonds is 3. The number of pyridine rings is 1. The molecule has 88 valence electrons. The molecule has 3 N–H and O–H groups in total. The van der Waals surface area contributed by atoms with Gasteiger partial charge in [-0.15, -0.1) is 0 Å². The fraction of sp³-hybridized carbons (Fsp3) is 0.154. The van der Waals surface area contributed by atoms with Gasteiger partial charge in [-0.2, -0.15) is 0 Å². The molecule has 0 fully saturated rings. The smallest absolute Gasteiger partial charge is 0.140 e. The highest BCUT2D eigenvalue weighted by atomic mass is 32.2. The lowest BCUT2D eigenvalue weighted by atomic mass is 10.2. The molecule has 3 nitrogen and oxygen atoms in total. The van der Waals surface area contributed by atoms with Gasteiger partial charge in [-0.05, 0) is 43.2 Å². The van der Waals surface area contributed by atoms with Crippen molar-refractivity contribution in [1.82, 2.24) is 4.98 Å². The van der Waals surface area contributed by atoms with Crippen LogP contribution in [-0.4, -0.2) is 4.98 Å². The topological polar surface area (TPSA) is 50.9 Å². The number of nitrogen functional groups attached to an aromatic ring is 1. The largest absolute Gasteiger partial charge is 0.308 e. The Balaban J connectivity index is 2.27. The average Bonchev–Trinajstić information content (AvgIpc) is 2.34. The Labute approximate surface area is 105 Å². The summed E-state index contributed by atoms with van der Waals surface area (Å²) in [6, 6.07) is 10.4. The fourth-order valence-electron chi connectivity index (χ4n) is 1.50. The summed E-state index contributed by atoms with van der Waals surface area (Å²) >= 11 is 1.72. The molecule has 0 aliphatic carbocycles. The summed E-state index contributed by atoms with van der Waals surface area (Å²) in [6.45, 7) is 4.22. The lowest BCUT2D eigenvalue weighted by Gasteiger charge is -2.07. The van der Waals surface area contributed by atoms with Crippen molar-refractivity contribution in [3.8, 4) is 0 Å². The highest BCUT2D eigenvalue weighted by Crippen LogP contribution is 2.31. The maximum atomic E-state index is 5.34. The van der Waals surface area contributed by atoms with Crippen LogP contribution in [0, 0.1) is 13.8 Å². The minimum Gasteiger partial charge on any atom is -0.308 e. The summed E-state index contributed by atoms with van der Waals surface area (Å²) < 4.78 is 0. The molecular formula is C13H15N3S. The van der Waals surface area contributed by atoms with Gasteiger partial charge in [0.25, 0.3) is 0 Å². The average molecular weight is 245 g/mol. The summed E-state index contributed by atoms with van der Waals surface area (Å²) in [5.41, 5.74) is 5.10. The van der Waals surface area contributed by atoms with Crippen molar-refractivity contribution in [2.45, 2.75) is 23.6 Å². The van der Waals surface area contributed by atoms with Crippen LogP contribution in [0.4, 0.5) is 5.82 Å². The zero-order valence-electron chi connectivity index (χ0n) is 9.90. The van der Waals surface area contributed by atoms with Crippen molar-refractivity contribution < 1.29 is 0 Å². The molecule has 1 heterocycles. The SMILES string of the molecule is Cc1ccc(C)c(Sc2ccnc(NN)c2)c1. The Morgan fingerprint density at radius 2 is 2.00 bits per heavy atom. The van der Waals surface area contributed by atoms with Gasteiger partial charge in [-0.3, -0.25) is 0 Å². The van der Waals surface area contributed by atoms with E-state index in [9.17, 15) is 0 Å². The molecule has 4 heteroatoms. The minimum atomic E-state index is 0.681. The number of nitrogens with two attached hydrogens (primary N) is 1. The van der Waals surface area contributed by atoms with Crippen LogP contribution >= 0.6 is 11.8 Å². The fourth-order valence-corrected chi connectivity index (χ4v) is 2.53. The molecule has 0 radical (unpaired) electrons. The molecule has 0 aliphatic heterocycles. The number of hydrazine groups is 1. The first-order valence-corrected chi connectivity index (χ1v) is 6.18. The third-order valence-electron chi connectivity index (χ3n) is 2.45. The normalized spacial score (nSPS) is 10.3. The predicted octanol–water partition coefficient (Wildman–Crippen LogP) is 3.14. The van der Waals surface area contributed by atoms with Crippen molar-refractivity contribution in [2.24, 2.45) is 5.84 Å². The van der Waals surface area contributed by atoms with Gasteiger partial charge >= 0.3 is 0 Å². The molecule has 17 heavy (non-hydrogen) atoms. The van der Waals surface area contributed by atoms with Crippen molar-refractivity contribution in [1.29, 1.82) is 0 Å². The second-order valence-corrected chi connectivity index (χ2v) is 5.01. The zero-order valence-corrected chi connectivity index (χ0v) is 10.7. The predicted molar refractivity (Wildman–Crippen MR) is 72.1 cm³/mol. The number of nitrogens with zero attached hydrogens (tertiary/aromatic N) is 1. The molecule has 2 aromatic rings. The van der Waals surface area contributed by atoms with Gasteiger partial charge < -0.3 is 5.43 Å². The van der Waals surface area contributed by atoms with E-state index in [2.05, 4.69) is 42.5 Å². The number of aromatic nitrogens is 1. The van der Waals surface area contributed by atoms with E-state index in [0.717, 1.165) is 4.90 Å². The second-order valence-electron chi connectivity index (χ2n) is 3.89. The van der Waals surface area contributed by atoms with E-state index in [1.165, 1.54) is 16.0 Å². The van der Waals surface area contributed by atoms with Crippen molar-refractivity contribution in [3.63, 3.8) is 0 Å². The van der Waals surface area contributed by atoms with Crippen LogP contribution in [0.15, 0.2) is 46.3 Å². The zero-order chi connectivity index (χ0) is 12.3. The van der Waals surface area contributed by atoms with Crippen molar-refractivity contribution in [3.05, 3.63) is 47.7 Å². The standard InChI is InChI=1S/C13H15N3S/c1-9-3-4-10(2)12(7-9)17-11-5-6-15-13(8-11)16-14/h3-8H,14H2,1-2H3,(H,15,16). The molecule has 0 saturated carbocycles. The molecule has 0 aliphatic rings. The van der Waals surface area contributed by atoms with Crippen molar-refractivity contribution in [2.75, 3.05) is 5.43 Å². The van der Waals surface area contributed by atoms with Crippen LogP contribution < -0.4 is 11.3 Å². The Hall–Kier alpha value is -1.52. The van der Waals surface area contributed by atoms with Gasteiger partial charge in [0.15, 0.2) is 0 Å². The van der Waals surface area contributed by atoms with Gasteiger partial charge in [-0.25, -0.2) is 10.8 Å². The monoisotopic (exact) mass is 245 g/mol. The van der Waals surface area contributed by atoms with Gasteiger partial charge in [0, 0.05) is 16.0 Å². The highest BCUT2D eigenvalue weighted by molar-refractivity contribution is 7.99. The molecule has 1 aromatic heterocycles. The van der Waals surface area contributed by atoms with E-state index in [1.54, 1.807) is 18.0 Å². The molecule has 1 aromatic carbocycles. The Morgan fingerprint density at radius 3 is 2.76 bits per heavy atom. The summed E-state index contributed by atoms with van der Waals surface area (Å²) in [5, 5.41) is 0. The lowest BCUT2D eigenvalue weighted by Crippen LogP contribution is -2.07. The molecule has 0 saturated heterocycles. The van der Waals surface area contributed by atoms with Crippen LogP contribution in [0.1, 0.15) is 11.1 Å². The molecule has 0 bridgehead atoms. The maximum Gasteiger partial charge on any atom is 0.140 e. The summed E-state index contributed by atoms with van der Waals surface area (Å²) in [6.07, 6.45) is 1.75. The van der Waals surface area contributed by atoms with Crippen molar-refractivity contribution >= 4 is 17.6 Å². The lowest BCUT2D eigenvalue weighted by molar-refractivity contribution is 1.19. The highest BCUT2D eigenvalue weighted by Gasteiger charge is 2.02. The molecular weight excluding hydrogens is 230 g/mol. The number of aryl methyl sites for hydroxylation is 2. The van der Waals surface area contributed by atoms with E-state index in [0.29, 0.717) is 5.82 Å². The first-order valence-electron chi connectivity index (χ1n) is 5.37. The second kappa shape index (κ2) is 5.21. The van der Waals surface area contributed by atoms with E-state index < -0.39 is 0 Å². The Morgan fingerprint density at radius 1 is 1.18 bits per heavy atom. The van der Waals surface area contributed by atoms with Gasteiger partial charge in [0.05, 0.1) is 0 Å². The molecule has 0 atom stereocenters. The number of nitrogens with one attached hydrogen (secondary N) is 1. The van der Waals surface area contributed by atoms with Gasteiger partial charge in [0.1, 0.15) is 5.82 Å². The van der Waals surface area contributed by atoms with Crippen LogP contribution in [-0.2, 0) is 0 Å².